The number of thiophene rings is 2. The van der Waals surface area contributed by atoms with Gasteiger partial charge in [0.1, 0.15) is 9.71 Å². The second kappa shape index (κ2) is 6.72. The molecule has 0 saturated heterocycles. The zero-order valence-electron chi connectivity index (χ0n) is 14.9. The Morgan fingerprint density at radius 1 is 1.32 bits per heavy atom. The van der Waals surface area contributed by atoms with Gasteiger partial charge in [0.05, 0.1) is 5.39 Å². The SMILES string of the molecule is CCc1sc(C(=O)O[C@@H](C)c2nc3sc(C)c(C)c3c(=O)[nH]2)cc1C. The smallest absolute Gasteiger partial charge is 0.349 e. The van der Waals surface area contributed by atoms with Crippen LogP contribution < -0.4 is 5.56 Å². The van der Waals surface area contributed by atoms with Crippen molar-refractivity contribution < 1.29 is 9.53 Å². The van der Waals surface area contributed by atoms with Crippen LogP contribution in [0.1, 0.15) is 56.3 Å². The third-order valence-corrected chi connectivity index (χ3v) is 6.73. The third kappa shape index (κ3) is 3.26. The Labute approximate surface area is 153 Å². The fourth-order valence-electron chi connectivity index (χ4n) is 2.71. The Balaban J connectivity index is 1.87. The van der Waals surface area contributed by atoms with Gasteiger partial charge in [0, 0.05) is 9.75 Å². The number of carbonyl (C=O) groups excluding carboxylic acids is 1. The number of rotatable bonds is 4. The van der Waals surface area contributed by atoms with Crippen LogP contribution >= 0.6 is 22.7 Å². The molecule has 7 heteroatoms. The van der Waals surface area contributed by atoms with Crippen LogP contribution in [-0.4, -0.2) is 15.9 Å². The predicted molar refractivity (Wildman–Crippen MR) is 102 cm³/mol. The topological polar surface area (TPSA) is 72.0 Å². The zero-order valence-corrected chi connectivity index (χ0v) is 16.5. The summed E-state index contributed by atoms with van der Waals surface area (Å²) in [5.41, 5.74) is 1.86. The number of H-pyrrole nitrogens is 1. The van der Waals surface area contributed by atoms with E-state index >= 15 is 0 Å². The molecule has 0 aliphatic carbocycles. The van der Waals surface area contributed by atoms with Gasteiger partial charge in [0.15, 0.2) is 11.9 Å². The normalized spacial score (nSPS) is 12.5. The number of nitrogens with zero attached hydrogens (tertiary/aromatic N) is 1. The van der Waals surface area contributed by atoms with Crippen LogP contribution in [0.15, 0.2) is 10.9 Å². The summed E-state index contributed by atoms with van der Waals surface area (Å²) in [5.74, 6) is -0.0160. The van der Waals surface area contributed by atoms with Gasteiger partial charge in [-0.2, -0.15) is 0 Å². The fourth-order valence-corrected chi connectivity index (χ4v) is 4.74. The van der Waals surface area contributed by atoms with E-state index in [9.17, 15) is 9.59 Å². The van der Waals surface area contributed by atoms with Gasteiger partial charge in [-0.3, -0.25) is 4.79 Å². The van der Waals surface area contributed by atoms with Gasteiger partial charge in [0.2, 0.25) is 0 Å². The van der Waals surface area contributed by atoms with Gasteiger partial charge in [-0.15, -0.1) is 22.7 Å². The van der Waals surface area contributed by atoms with Crippen LogP contribution in [0.2, 0.25) is 0 Å². The van der Waals surface area contributed by atoms with Crippen molar-refractivity contribution in [2.24, 2.45) is 0 Å². The number of carbonyl (C=O) groups is 1. The van der Waals surface area contributed by atoms with Crippen molar-refractivity contribution in [2.45, 2.75) is 47.1 Å². The van der Waals surface area contributed by atoms with E-state index in [0.717, 1.165) is 22.4 Å². The summed E-state index contributed by atoms with van der Waals surface area (Å²) < 4.78 is 5.52. The molecule has 0 amide bonds. The molecule has 0 radical (unpaired) electrons. The molecule has 3 aromatic rings. The molecule has 0 bridgehead atoms. The zero-order chi connectivity index (χ0) is 18.3. The number of hydrogen-bond donors (Lipinski definition) is 1. The van der Waals surface area contributed by atoms with Crippen molar-refractivity contribution in [2.75, 3.05) is 0 Å². The van der Waals surface area contributed by atoms with Crippen LogP contribution in [0.3, 0.4) is 0 Å². The standard InChI is InChI=1S/C18H20N2O3S2/c1-6-12-8(2)7-13(25-12)18(22)23-10(4)15-19-16(21)14-9(3)11(5)24-17(14)20-15/h7,10H,6H2,1-5H3,(H,19,20,21)/t10-/m0/s1. The maximum Gasteiger partial charge on any atom is 0.349 e. The van der Waals surface area contributed by atoms with Gasteiger partial charge in [-0.1, -0.05) is 6.92 Å². The van der Waals surface area contributed by atoms with E-state index in [2.05, 4.69) is 16.9 Å². The Bertz CT molecular complexity index is 1010. The first-order valence-corrected chi connectivity index (χ1v) is 9.75. The van der Waals surface area contributed by atoms with Crippen LogP contribution in [0.25, 0.3) is 10.2 Å². The fraction of sp³-hybridized carbons (Fsp3) is 0.389. The van der Waals surface area contributed by atoms with Crippen LogP contribution in [0, 0.1) is 20.8 Å². The van der Waals surface area contributed by atoms with Crippen molar-refractivity contribution >= 4 is 38.9 Å². The first-order valence-electron chi connectivity index (χ1n) is 8.12. The highest BCUT2D eigenvalue weighted by atomic mass is 32.1. The summed E-state index contributed by atoms with van der Waals surface area (Å²) in [6.45, 7) is 9.65. The number of esters is 1. The highest BCUT2D eigenvalue weighted by Gasteiger charge is 2.20. The molecule has 0 unspecified atom stereocenters. The number of fused-ring (bicyclic) bond motifs is 1. The molecule has 0 spiro atoms. The summed E-state index contributed by atoms with van der Waals surface area (Å²) in [4.78, 5) is 35.5. The van der Waals surface area contributed by atoms with Crippen molar-refractivity contribution in [3.8, 4) is 0 Å². The largest absolute Gasteiger partial charge is 0.450 e. The van der Waals surface area contributed by atoms with Crippen LogP contribution in [0.4, 0.5) is 0 Å². The first kappa shape index (κ1) is 17.8. The number of aromatic nitrogens is 2. The monoisotopic (exact) mass is 376 g/mol. The number of ether oxygens (including phenoxy) is 1. The van der Waals surface area contributed by atoms with Crippen molar-refractivity contribution in [1.82, 2.24) is 9.97 Å². The van der Waals surface area contributed by atoms with Crippen molar-refractivity contribution in [3.63, 3.8) is 0 Å². The minimum absolute atomic E-state index is 0.190. The molecule has 5 nitrogen and oxygen atoms in total. The lowest BCUT2D eigenvalue weighted by Crippen LogP contribution is -2.17. The molecule has 0 aliphatic rings. The molecule has 0 fully saturated rings. The number of hydrogen-bond acceptors (Lipinski definition) is 6. The van der Waals surface area contributed by atoms with Crippen molar-refractivity contribution in [3.05, 3.63) is 48.0 Å². The van der Waals surface area contributed by atoms with E-state index in [1.165, 1.54) is 27.6 Å². The molecule has 3 rings (SSSR count). The molecule has 0 aromatic carbocycles. The third-order valence-electron chi connectivity index (χ3n) is 4.27. The minimum Gasteiger partial charge on any atom is -0.450 e. The van der Waals surface area contributed by atoms with Crippen molar-refractivity contribution in [1.29, 1.82) is 0 Å². The van der Waals surface area contributed by atoms with Gasteiger partial charge in [0.25, 0.3) is 5.56 Å². The Morgan fingerprint density at radius 3 is 2.68 bits per heavy atom. The molecule has 0 aliphatic heterocycles. The lowest BCUT2D eigenvalue weighted by molar-refractivity contribution is 0.0326. The molecule has 3 heterocycles. The molecular formula is C18H20N2O3S2. The van der Waals surface area contributed by atoms with Gasteiger partial charge in [-0.05, 0) is 51.3 Å². The quantitative estimate of drug-likeness (QED) is 0.683. The summed E-state index contributed by atoms with van der Waals surface area (Å²) >= 11 is 2.93. The van der Waals surface area contributed by atoms with E-state index in [1.807, 2.05) is 26.8 Å². The average molecular weight is 377 g/mol. The molecule has 25 heavy (non-hydrogen) atoms. The Hall–Kier alpha value is -1.99. The first-order chi connectivity index (χ1) is 11.8. The second-order valence-corrected chi connectivity index (χ2v) is 8.37. The van der Waals surface area contributed by atoms with Gasteiger partial charge in [-0.25, -0.2) is 9.78 Å². The van der Waals surface area contributed by atoms with Gasteiger partial charge >= 0.3 is 5.97 Å². The van der Waals surface area contributed by atoms with Crippen LogP contribution in [-0.2, 0) is 11.2 Å². The molecule has 1 atom stereocenters. The lowest BCUT2D eigenvalue weighted by atomic mass is 10.2. The van der Waals surface area contributed by atoms with E-state index < -0.39 is 6.10 Å². The summed E-state index contributed by atoms with van der Waals surface area (Å²) in [6.07, 6.45) is 0.266. The minimum atomic E-state index is -0.625. The summed E-state index contributed by atoms with van der Waals surface area (Å²) in [5, 5.41) is 0.617. The lowest BCUT2D eigenvalue weighted by Gasteiger charge is -2.11. The molecular weight excluding hydrogens is 356 g/mol. The molecule has 3 aromatic heterocycles. The van der Waals surface area contributed by atoms with Gasteiger partial charge < -0.3 is 9.72 Å². The molecule has 132 valence electrons. The average Bonchev–Trinajstić information content (AvgIpc) is 3.07. The Morgan fingerprint density at radius 2 is 2.04 bits per heavy atom. The van der Waals surface area contributed by atoms with E-state index in [1.54, 1.807) is 6.92 Å². The molecule has 0 saturated carbocycles. The maximum atomic E-state index is 12.4. The van der Waals surface area contributed by atoms with E-state index in [4.69, 9.17) is 4.74 Å². The van der Waals surface area contributed by atoms with E-state index in [0.29, 0.717) is 20.9 Å². The predicted octanol–water partition coefficient (Wildman–Crippen LogP) is 4.45. The molecule has 1 N–H and O–H groups in total. The summed E-state index contributed by atoms with van der Waals surface area (Å²) in [6, 6.07) is 1.85. The highest BCUT2D eigenvalue weighted by molar-refractivity contribution is 7.18. The van der Waals surface area contributed by atoms with Crippen LogP contribution in [0.5, 0.6) is 0 Å². The van der Waals surface area contributed by atoms with E-state index in [-0.39, 0.29) is 11.5 Å². The Kier molecular flexibility index (Phi) is 4.79. The number of nitrogens with one attached hydrogen (secondary N) is 1. The number of aryl methyl sites for hydroxylation is 4. The second-order valence-electron chi connectivity index (χ2n) is 6.03. The highest BCUT2D eigenvalue weighted by Crippen LogP contribution is 2.28. The summed E-state index contributed by atoms with van der Waals surface area (Å²) in [7, 11) is 0. The number of aromatic amines is 1. The maximum absolute atomic E-state index is 12.4.